The van der Waals surface area contributed by atoms with Crippen LogP contribution < -0.4 is 14.8 Å². The zero-order valence-corrected chi connectivity index (χ0v) is 17.7. The maximum absolute atomic E-state index is 11.2. The van der Waals surface area contributed by atoms with Crippen LogP contribution in [0.4, 0.5) is 5.69 Å². The fraction of sp³-hybridized carbons (Fsp3) is 0.182. The summed E-state index contributed by atoms with van der Waals surface area (Å²) in [7, 11) is 1.59. The molecule has 3 rings (SSSR count). The van der Waals surface area contributed by atoms with Crippen LogP contribution in [0.5, 0.6) is 11.5 Å². The van der Waals surface area contributed by atoms with Gasteiger partial charge in [-0.3, -0.25) is 4.98 Å². The van der Waals surface area contributed by atoms with Crippen LogP contribution in [0.15, 0.2) is 59.3 Å². The third-order valence-corrected chi connectivity index (χ3v) is 4.95. The predicted octanol–water partition coefficient (Wildman–Crippen LogP) is 5.05. The molecule has 6 nitrogen and oxygen atoms in total. The number of aryl methyl sites for hydroxylation is 1. The van der Waals surface area contributed by atoms with Crippen LogP contribution in [0.25, 0.3) is 0 Å². The molecule has 1 heterocycles. The standard InChI is InChI=1S/C22H21BrN2O4/c1-14-5-6-17(22(26)27)10-19(14)25-12-16-8-18(23)21(20(9-16)28-2)29-13-15-4-3-7-24-11-15/h3-11,25H,12-13H2,1-2H3,(H,26,27). The van der Waals surface area contributed by atoms with Crippen LogP contribution in [0, 0.1) is 6.92 Å². The first-order valence-corrected chi connectivity index (χ1v) is 9.73. The first-order chi connectivity index (χ1) is 14.0. The summed E-state index contributed by atoms with van der Waals surface area (Å²) in [5.74, 6) is 0.271. The van der Waals surface area contributed by atoms with E-state index in [-0.39, 0.29) is 5.56 Å². The molecule has 0 spiro atoms. The van der Waals surface area contributed by atoms with Crippen LogP contribution >= 0.6 is 15.9 Å². The Morgan fingerprint density at radius 2 is 2.03 bits per heavy atom. The van der Waals surface area contributed by atoms with Gasteiger partial charge in [-0.1, -0.05) is 12.1 Å². The molecule has 0 unspecified atom stereocenters. The van der Waals surface area contributed by atoms with Crippen molar-refractivity contribution in [3.63, 3.8) is 0 Å². The number of hydrogen-bond acceptors (Lipinski definition) is 5. The van der Waals surface area contributed by atoms with Crippen LogP contribution in [0.1, 0.15) is 27.0 Å². The lowest BCUT2D eigenvalue weighted by atomic mass is 10.1. The lowest BCUT2D eigenvalue weighted by Crippen LogP contribution is -2.05. The second-order valence-corrected chi connectivity index (χ2v) is 7.30. The Labute approximate surface area is 177 Å². The molecule has 0 bridgehead atoms. The number of carboxylic acid groups (broad SMARTS) is 1. The van der Waals surface area contributed by atoms with Gasteiger partial charge in [0.15, 0.2) is 11.5 Å². The number of anilines is 1. The minimum absolute atomic E-state index is 0.246. The largest absolute Gasteiger partial charge is 0.493 e. The molecular formula is C22H21BrN2O4. The fourth-order valence-corrected chi connectivity index (χ4v) is 3.40. The highest BCUT2D eigenvalue weighted by Gasteiger charge is 2.13. The number of benzene rings is 2. The molecular weight excluding hydrogens is 436 g/mol. The van der Waals surface area contributed by atoms with E-state index in [2.05, 4.69) is 26.2 Å². The van der Waals surface area contributed by atoms with Gasteiger partial charge in [0.2, 0.25) is 0 Å². The van der Waals surface area contributed by atoms with Crippen molar-refractivity contribution in [2.75, 3.05) is 12.4 Å². The Morgan fingerprint density at radius 3 is 2.72 bits per heavy atom. The first kappa shape index (κ1) is 20.7. The minimum Gasteiger partial charge on any atom is -0.493 e. The van der Waals surface area contributed by atoms with Gasteiger partial charge in [0.1, 0.15) is 6.61 Å². The number of hydrogen-bond donors (Lipinski definition) is 2. The van der Waals surface area contributed by atoms with Crippen LogP contribution in [0.3, 0.4) is 0 Å². The van der Waals surface area contributed by atoms with Gasteiger partial charge in [-0.2, -0.15) is 0 Å². The second-order valence-electron chi connectivity index (χ2n) is 6.45. The highest BCUT2D eigenvalue weighted by Crippen LogP contribution is 2.37. The van der Waals surface area contributed by atoms with E-state index >= 15 is 0 Å². The molecule has 0 saturated heterocycles. The van der Waals surface area contributed by atoms with Crippen LogP contribution in [0.2, 0.25) is 0 Å². The van der Waals surface area contributed by atoms with E-state index in [9.17, 15) is 9.90 Å². The lowest BCUT2D eigenvalue weighted by molar-refractivity contribution is 0.0697. The summed E-state index contributed by atoms with van der Waals surface area (Å²) in [5, 5.41) is 12.5. The number of aromatic nitrogens is 1. The summed E-state index contributed by atoms with van der Waals surface area (Å²) >= 11 is 3.56. The normalized spacial score (nSPS) is 10.4. The summed E-state index contributed by atoms with van der Waals surface area (Å²) < 4.78 is 12.2. The van der Waals surface area contributed by atoms with E-state index in [1.807, 2.05) is 31.2 Å². The number of pyridine rings is 1. The summed E-state index contributed by atoms with van der Waals surface area (Å²) in [6.07, 6.45) is 3.47. The summed E-state index contributed by atoms with van der Waals surface area (Å²) in [6, 6.07) is 12.7. The van der Waals surface area contributed by atoms with E-state index < -0.39 is 5.97 Å². The molecule has 0 atom stereocenters. The molecule has 0 aliphatic carbocycles. The van der Waals surface area contributed by atoms with Gasteiger partial charge in [-0.15, -0.1) is 0 Å². The number of carbonyl (C=O) groups is 1. The minimum atomic E-state index is -0.951. The Kier molecular flexibility index (Phi) is 6.72. The Morgan fingerprint density at radius 1 is 1.21 bits per heavy atom. The third-order valence-electron chi connectivity index (χ3n) is 4.36. The molecule has 3 aromatic rings. The van der Waals surface area contributed by atoms with Gasteiger partial charge in [0, 0.05) is 30.2 Å². The molecule has 2 aromatic carbocycles. The van der Waals surface area contributed by atoms with Crippen molar-refractivity contribution < 1.29 is 19.4 Å². The molecule has 0 fully saturated rings. The van der Waals surface area contributed by atoms with Crippen molar-refractivity contribution in [2.45, 2.75) is 20.1 Å². The molecule has 1 aromatic heterocycles. The summed E-state index contributed by atoms with van der Waals surface area (Å²) in [4.78, 5) is 15.3. The Balaban J connectivity index is 1.75. The van der Waals surface area contributed by atoms with Gasteiger partial charge in [0.25, 0.3) is 0 Å². The Hall–Kier alpha value is -3.06. The van der Waals surface area contributed by atoms with Gasteiger partial charge < -0.3 is 19.9 Å². The zero-order valence-electron chi connectivity index (χ0n) is 16.1. The smallest absolute Gasteiger partial charge is 0.335 e. The SMILES string of the molecule is COc1cc(CNc2cc(C(=O)O)ccc2C)cc(Br)c1OCc1cccnc1. The number of ether oxygens (including phenoxy) is 2. The van der Waals surface area contributed by atoms with E-state index in [1.165, 1.54) is 0 Å². The average molecular weight is 457 g/mol. The molecule has 7 heteroatoms. The quantitative estimate of drug-likeness (QED) is 0.493. The van der Waals surface area contributed by atoms with Gasteiger partial charge in [0.05, 0.1) is 17.1 Å². The molecule has 2 N–H and O–H groups in total. The van der Waals surface area contributed by atoms with Gasteiger partial charge in [-0.05, 0) is 64.3 Å². The lowest BCUT2D eigenvalue weighted by Gasteiger charge is -2.16. The number of halogens is 1. The number of rotatable bonds is 8. The van der Waals surface area contributed by atoms with Crippen molar-refractivity contribution in [1.82, 2.24) is 4.98 Å². The van der Waals surface area contributed by atoms with Crippen molar-refractivity contribution >= 4 is 27.6 Å². The number of nitrogens with one attached hydrogen (secondary N) is 1. The van der Waals surface area contributed by atoms with E-state index in [0.717, 1.165) is 26.9 Å². The van der Waals surface area contributed by atoms with Crippen molar-refractivity contribution in [2.24, 2.45) is 0 Å². The highest BCUT2D eigenvalue weighted by atomic mass is 79.9. The molecule has 150 valence electrons. The number of aromatic carboxylic acids is 1. The maximum Gasteiger partial charge on any atom is 0.335 e. The molecule has 0 saturated carbocycles. The molecule has 0 amide bonds. The van der Waals surface area contributed by atoms with E-state index in [4.69, 9.17) is 9.47 Å². The van der Waals surface area contributed by atoms with Crippen molar-refractivity contribution in [1.29, 1.82) is 0 Å². The number of nitrogens with zero attached hydrogens (tertiary/aromatic N) is 1. The fourth-order valence-electron chi connectivity index (χ4n) is 2.80. The molecule has 0 aliphatic rings. The van der Waals surface area contributed by atoms with Crippen molar-refractivity contribution in [3.05, 3.63) is 81.6 Å². The first-order valence-electron chi connectivity index (χ1n) is 8.94. The van der Waals surface area contributed by atoms with Crippen molar-refractivity contribution in [3.8, 4) is 11.5 Å². The number of carboxylic acids is 1. The zero-order chi connectivity index (χ0) is 20.8. The molecule has 29 heavy (non-hydrogen) atoms. The third kappa shape index (κ3) is 5.26. The van der Waals surface area contributed by atoms with E-state index in [1.54, 1.807) is 37.7 Å². The topological polar surface area (TPSA) is 80.7 Å². The highest BCUT2D eigenvalue weighted by molar-refractivity contribution is 9.10. The van der Waals surface area contributed by atoms with Crippen LogP contribution in [-0.4, -0.2) is 23.2 Å². The average Bonchev–Trinajstić information content (AvgIpc) is 2.72. The maximum atomic E-state index is 11.2. The van der Waals surface area contributed by atoms with E-state index in [0.29, 0.717) is 24.7 Å². The Bertz CT molecular complexity index is 1010. The van der Waals surface area contributed by atoms with Gasteiger partial charge >= 0.3 is 5.97 Å². The molecule has 0 aliphatic heterocycles. The van der Waals surface area contributed by atoms with Crippen LogP contribution in [-0.2, 0) is 13.2 Å². The monoisotopic (exact) mass is 456 g/mol. The molecule has 0 radical (unpaired) electrons. The summed E-state index contributed by atoms with van der Waals surface area (Å²) in [6.45, 7) is 2.81. The number of methoxy groups -OCH3 is 1. The predicted molar refractivity (Wildman–Crippen MR) is 115 cm³/mol. The summed E-state index contributed by atoms with van der Waals surface area (Å²) in [5.41, 5.74) is 3.91. The van der Waals surface area contributed by atoms with Gasteiger partial charge in [-0.25, -0.2) is 4.79 Å². The second kappa shape index (κ2) is 9.43.